The van der Waals surface area contributed by atoms with Crippen LogP contribution in [0.1, 0.15) is 11.1 Å². The molecule has 146 valence electrons. The van der Waals surface area contributed by atoms with Gasteiger partial charge in [-0.15, -0.1) is 0 Å². The molecule has 0 aromatic heterocycles. The number of barbiturate groups is 1. The standard InChI is InChI=1S/C20H14FN3O5/c21-15-10-8-13(9-11-15)12-23-19(26)16(18(25)22-20(23)27)6-3-5-14-4-1-2-7-17(14)24(28)29/h1-11H,12H2,(H,22,25,27)/b5-3-,16-6-. The molecule has 0 bridgehead atoms. The van der Waals surface area contributed by atoms with Crippen LogP contribution in [0.3, 0.4) is 0 Å². The van der Waals surface area contributed by atoms with Crippen molar-refractivity contribution in [2.45, 2.75) is 6.54 Å². The van der Waals surface area contributed by atoms with E-state index in [0.29, 0.717) is 5.56 Å². The first kappa shape index (κ1) is 19.6. The molecule has 1 saturated heterocycles. The van der Waals surface area contributed by atoms with E-state index < -0.39 is 28.6 Å². The highest BCUT2D eigenvalue weighted by atomic mass is 19.1. The van der Waals surface area contributed by atoms with E-state index in [4.69, 9.17) is 0 Å². The number of hydrogen-bond acceptors (Lipinski definition) is 5. The molecule has 0 unspecified atom stereocenters. The maximum absolute atomic E-state index is 13.0. The number of nitrogens with one attached hydrogen (secondary N) is 1. The highest BCUT2D eigenvalue weighted by Crippen LogP contribution is 2.20. The molecular weight excluding hydrogens is 381 g/mol. The first-order valence-corrected chi connectivity index (χ1v) is 8.40. The van der Waals surface area contributed by atoms with E-state index in [2.05, 4.69) is 5.32 Å². The molecule has 2 aromatic rings. The van der Waals surface area contributed by atoms with Crippen molar-refractivity contribution in [2.24, 2.45) is 0 Å². The molecule has 8 nitrogen and oxygen atoms in total. The number of carbonyl (C=O) groups excluding carboxylic acids is 3. The number of allylic oxidation sites excluding steroid dienone is 2. The summed E-state index contributed by atoms with van der Waals surface area (Å²) in [4.78, 5) is 48.0. The van der Waals surface area contributed by atoms with Crippen LogP contribution in [0.15, 0.2) is 66.3 Å². The Kier molecular flexibility index (Phi) is 5.59. The van der Waals surface area contributed by atoms with Crippen LogP contribution in [0, 0.1) is 15.9 Å². The number of carbonyl (C=O) groups is 3. The fourth-order valence-corrected chi connectivity index (χ4v) is 2.67. The fraction of sp³-hybridized carbons (Fsp3) is 0.0500. The third-order valence-corrected chi connectivity index (χ3v) is 4.11. The minimum Gasteiger partial charge on any atom is -0.273 e. The average molecular weight is 395 g/mol. The zero-order valence-corrected chi connectivity index (χ0v) is 14.9. The number of hydrogen-bond donors (Lipinski definition) is 1. The summed E-state index contributed by atoms with van der Waals surface area (Å²) in [7, 11) is 0. The molecule has 4 amide bonds. The van der Waals surface area contributed by atoms with E-state index >= 15 is 0 Å². The van der Waals surface area contributed by atoms with E-state index in [-0.39, 0.29) is 23.4 Å². The Morgan fingerprint density at radius 2 is 1.76 bits per heavy atom. The van der Waals surface area contributed by atoms with E-state index in [9.17, 15) is 28.9 Å². The van der Waals surface area contributed by atoms with E-state index in [1.165, 1.54) is 60.7 Å². The van der Waals surface area contributed by atoms with Crippen molar-refractivity contribution in [1.29, 1.82) is 0 Å². The maximum Gasteiger partial charge on any atom is 0.331 e. The van der Waals surface area contributed by atoms with Crippen LogP contribution in [-0.2, 0) is 16.1 Å². The van der Waals surface area contributed by atoms with Gasteiger partial charge in [0.05, 0.1) is 17.0 Å². The minimum atomic E-state index is -0.885. The molecule has 0 saturated carbocycles. The van der Waals surface area contributed by atoms with Crippen molar-refractivity contribution in [3.05, 3.63) is 93.3 Å². The van der Waals surface area contributed by atoms with Crippen LogP contribution in [0.4, 0.5) is 14.9 Å². The van der Waals surface area contributed by atoms with Crippen LogP contribution in [-0.4, -0.2) is 27.7 Å². The van der Waals surface area contributed by atoms with Gasteiger partial charge < -0.3 is 0 Å². The Bertz CT molecular complexity index is 1060. The molecule has 0 spiro atoms. The maximum atomic E-state index is 13.0. The number of nitro benzene ring substituents is 1. The number of halogens is 1. The van der Waals surface area contributed by atoms with Gasteiger partial charge in [-0.3, -0.25) is 29.9 Å². The molecule has 1 fully saturated rings. The summed E-state index contributed by atoms with van der Waals surface area (Å²) in [5.74, 6) is -2.16. The molecule has 0 radical (unpaired) electrons. The molecule has 2 aromatic carbocycles. The summed E-state index contributed by atoms with van der Waals surface area (Å²) in [6.45, 7) is -0.149. The summed E-state index contributed by atoms with van der Waals surface area (Å²) in [5, 5.41) is 13.1. The van der Waals surface area contributed by atoms with Crippen molar-refractivity contribution in [3.8, 4) is 0 Å². The predicted molar refractivity (Wildman–Crippen MR) is 101 cm³/mol. The summed E-state index contributed by atoms with van der Waals surface area (Å²) < 4.78 is 13.0. The second-order valence-electron chi connectivity index (χ2n) is 6.03. The molecule has 1 aliphatic rings. The van der Waals surface area contributed by atoms with Gasteiger partial charge in [-0.1, -0.05) is 30.3 Å². The van der Waals surface area contributed by atoms with Crippen molar-refractivity contribution >= 4 is 29.6 Å². The Hall–Kier alpha value is -4.14. The predicted octanol–water partition coefficient (Wildman–Crippen LogP) is 2.95. The van der Waals surface area contributed by atoms with Gasteiger partial charge in [-0.25, -0.2) is 9.18 Å². The molecule has 29 heavy (non-hydrogen) atoms. The van der Waals surface area contributed by atoms with Crippen molar-refractivity contribution < 1.29 is 23.7 Å². The van der Waals surface area contributed by atoms with Crippen LogP contribution in [0.5, 0.6) is 0 Å². The number of rotatable bonds is 5. The van der Waals surface area contributed by atoms with Gasteiger partial charge in [0.2, 0.25) is 0 Å². The molecular formula is C20H14FN3O5. The first-order valence-electron chi connectivity index (χ1n) is 8.40. The molecule has 9 heteroatoms. The lowest BCUT2D eigenvalue weighted by Gasteiger charge is -2.26. The number of para-hydroxylation sites is 1. The SMILES string of the molecule is O=C1NC(=O)N(Cc2ccc(F)cc2)C(=O)/C1=C\C=C/c1ccccc1[N+](=O)[O-]. The molecule has 1 aliphatic heterocycles. The summed E-state index contributed by atoms with van der Waals surface area (Å²) in [6.07, 6.45) is 3.88. The monoisotopic (exact) mass is 395 g/mol. The fourth-order valence-electron chi connectivity index (χ4n) is 2.67. The Labute approximate surface area is 164 Å². The van der Waals surface area contributed by atoms with Gasteiger partial charge >= 0.3 is 6.03 Å². The van der Waals surface area contributed by atoms with E-state index in [1.807, 2.05) is 0 Å². The zero-order chi connectivity index (χ0) is 21.0. The van der Waals surface area contributed by atoms with Crippen LogP contribution >= 0.6 is 0 Å². The molecule has 0 atom stereocenters. The normalized spacial score (nSPS) is 15.8. The second kappa shape index (κ2) is 8.26. The van der Waals surface area contributed by atoms with Crippen molar-refractivity contribution in [3.63, 3.8) is 0 Å². The number of benzene rings is 2. The number of urea groups is 1. The lowest BCUT2D eigenvalue weighted by molar-refractivity contribution is -0.385. The molecule has 0 aliphatic carbocycles. The van der Waals surface area contributed by atoms with Gasteiger partial charge in [0.1, 0.15) is 11.4 Å². The Morgan fingerprint density at radius 3 is 2.45 bits per heavy atom. The summed E-state index contributed by atoms with van der Waals surface area (Å²) >= 11 is 0. The van der Waals surface area contributed by atoms with Crippen LogP contribution < -0.4 is 5.32 Å². The van der Waals surface area contributed by atoms with Gasteiger partial charge in [-0.05, 0) is 35.9 Å². The zero-order valence-electron chi connectivity index (χ0n) is 14.9. The number of nitro groups is 1. The summed E-state index contributed by atoms with van der Waals surface area (Å²) in [5.41, 5.74) is 0.354. The first-order chi connectivity index (χ1) is 13.9. The minimum absolute atomic E-state index is 0.130. The summed E-state index contributed by atoms with van der Waals surface area (Å²) in [6, 6.07) is 10.3. The molecule has 1 heterocycles. The lowest BCUT2D eigenvalue weighted by atomic mass is 10.1. The third kappa shape index (κ3) is 4.41. The topological polar surface area (TPSA) is 110 Å². The third-order valence-electron chi connectivity index (χ3n) is 4.11. The Balaban J connectivity index is 1.83. The van der Waals surface area contributed by atoms with Crippen molar-refractivity contribution in [2.75, 3.05) is 0 Å². The van der Waals surface area contributed by atoms with E-state index in [1.54, 1.807) is 6.07 Å². The smallest absolute Gasteiger partial charge is 0.273 e. The lowest BCUT2D eigenvalue weighted by Crippen LogP contribution is -2.53. The number of amides is 4. The van der Waals surface area contributed by atoms with Gasteiger partial charge in [-0.2, -0.15) is 0 Å². The van der Waals surface area contributed by atoms with Crippen molar-refractivity contribution in [1.82, 2.24) is 10.2 Å². The molecule has 3 rings (SSSR count). The van der Waals surface area contributed by atoms with Crippen LogP contribution in [0.2, 0.25) is 0 Å². The quantitative estimate of drug-likeness (QED) is 0.362. The van der Waals surface area contributed by atoms with Gasteiger partial charge in [0, 0.05) is 6.07 Å². The van der Waals surface area contributed by atoms with Gasteiger partial charge in [0.25, 0.3) is 17.5 Å². The average Bonchev–Trinajstić information content (AvgIpc) is 2.69. The number of nitrogens with zero attached hydrogens (tertiary/aromatic N) is 2. The highest BCUT2D eigenvalue weighted by molar-refractivity contribution is 6.28. The highest BCUT2D eigenvalue weighted by Gasteiger charge is 2.35. The van der Waals surface area contributed by atoms with Crippen LogP contribution in [0.25, 0.3) is 6.08 Å². The Morgan fingerprint density at radius 1 is 1.07 bits per heavy atom. The second-order valence-corrected chi connectivity index (χ2v) is 6.03. The van der Waals surface area contributed by atoms with Gasteiger partial charge in [0.15, 0.2) is 0 Å². The van der Waals surface area contributed by atoms with E-state index in [0.717, 1.165) is 4.90 Å². The largest absolute Gasteiger partial charge is 0.331 e. The molecule has 1 N–H and O–H groups in total. The number of imide groups is 2.